The van der Waals surface area contributed by atoms with Gasteiger partial charge in [0.05, 0.1) is 10.6 Å². The standard InChI is InChI=1S/C19H16N4O4S/c1-23-15-9-5-6-10-16(15)28(25,26)18(19(23)24)21-20-17-12-14(27-22-17)11-13-7-3-2-4-8-13/h2-10,12H,11H2,1H3,(H,20,22). The second kappa shape index (κ2) is 6.93. The molecule has 142 valence electrons. The van der Waals surface area contributed by atoms with Crippen molar-refractivity contribution in [2.45, 2.75) is 11.3 Å². The number of carbonyl (C=O) groups excluding carboxylic acids is 1. The number of hydrogen-bond donors (Lipinski definition) is 1. The Kier molecular flexibility index (Phi) is 4.44. The number of aromatic nitrogens is 1. The summed E-state index contributed by atoms with van der Waals surface area (Å²) in [5.74, 6) is 0.0661. The molecule has 1 N–H and O–H groups in total. The van der Waals surface area contributed by atoms with E-state index >= 15 is 0 Å². The van der Waals surface area contributed by atoms with Gasteiger partial charge in [-0.2, -0.15) is 5.10 Å². The highest BCUT2D eigenvalue weighted by molar-refractivity contribution is 8.08. The summed E-state index contributed by atoms with van der Waals surface area (Å²) in [6.45, 7) is 0. The van der Waals surface area contributed by atoms with E-state index in [0.29, 0.717) is 17.9 Å². The first kappa shape index (κ1) is 17.9. The Hall–Kier alpha value is -3.46. The fourth-order valence-corrected chi connectivity index (χ4v) is 4.37. The minimum Gasteiger partial charge on any atom is -0.359 e. The van der Waals surface area contributed by atoms with Crippen LogP contribution in [0, 0.1) is 0 Å². The first-order valence-electron chi connectivity index (χ1n) is 8.42. The van der Waals surface area contributed by atoms with Gasteiger partial charge in [-0.05, 0) is 17.7 Å². The van der Waals surface area contributed by atoms with E-state index in [2.05, 4.69) is 15.7 Å². The maximum atomic E-state index is 12.8. The highest BCUT2D eigenvalue weighted by atomic mass is 32.2. The highest BCUT2D eigenvalue weighted by Crippen LogP contribution is 2.31. The molecule has 0 saturated heterocycles. The lowest BCUT2D eigenvalue weighted by Gasteiger charge is -2.25. The van der Waals surface area contributed by atoms with Gasteiger partial charge in [0.15, 0.2) is 5.82 Å². The molecule has 1 aliphatic rings. The number of sulfone groups is 1. The first-order chi connectivity index (χ1) is 13.5. The third-order valence-corrected chi connectivity index (χ3v) is 6.01. The second-order valence-electron chi connectivity index (χ2n) is 6.20. The van der Waals surface area contributed by atoms with Crippen LogP contribution < -0.4 is 10.3 Å². The van der Waals surface area contributed by atoms with Gasteiger partial charge in [-0.15, -0.1) is 0 Å². The predicted molar refractivity (Wildman–Crippen MR) is 104 cm³/mol. The molecule has 4 rings (SSSR count). The summed E-state index contributed by atoms with van der Waals surface area (Å²) in [7, 11) is -2.54. The SMILES string of the molecule is CN1C(=O)C(=NNc2cc(Cc3ccccc3)on2)S(=O)(=O)c2ccccc21. The van der Waals surface area contributed by atoms with Crippen LogP contribution in [0.3, 0.4) is 0 Å². The van der Waals surface area contributed by atoms with Gasteiger partial charge >= 0.3 is 0 Å². The Morgan fingerprint density at radius 3 is 2.61 bits per heavy atom. The average Bonchev–Trinajstić information content (AvgIpc) is 3.14. The maximum absolute atomic E-state index is 12.8. The molecular formula is C19H16N4O4S. The number of fused-ring (bicyclic) bond motifs is 1. The topological polar surface area (TPSA) is 105 Å². The molecule has 0 unspecified atom stereocenters. The van der Waals surface area contributed by atoms with Crippen LogP contribution in [0.25, 0.3) is 0 Å². The normalized spacial score (nSPS) is 16.8. The molecule has 0 fully saturated rings. The lowest BCUT2D eigenvalue weighted by Crippen LogP contribution is -2.43. The Morgan fingerprint density at radius 2 is 1.82 bits per heavy atom. The molecule has 0 spiro atoms. The zero-order valence-corrected chi connectivity index (χ0v) is 15.7. The number of para-hydroxylation sites is 1. The molecule has 2 heterocycles. The molecule has 8 nitrogen and oxygen atoms in total. The van der Waals surface area contributed by atoms with Crippen molar-refractivity contribution in [1.82, 2.24) is 5.16 Å². The fourth-order valence-electron chi connectivity index (χ4n) is 2.90. The van der Waals surface area contributed by atoms with Crippen molar-refractivity contribution in [3.8, 4) is 0 Å². The summed E-state index contributed by atoms with van der Waals surface area (Å²) in [5.41, 5.74) is 3.87. The minimum atomic E-state index is -4.04. The Bertz CT molecular complexity index is 1170. The number of hydrogen-bond acceptors (Lipinski definition) is 7. The summed E-state index contributed by atoms with van der Waals surface area (Å²) in [6.07, 6.45) is 0.527. The number of hydrazone groups is 1. The number of nitrogens with zero attached hydrogens (tertiary/aromatic N) is 3. The Balaban J connectivity index is 1.59. The van der Waals surface area contributed by atoms with E-state index < -0.39 is 20.8 Å². The fraction of sp³-hybridized carbons (Fsp3) is 0.105. The summed E-state index contributed by atoms with van der Waals surface area (Å²) in [6, 6.07) is 17.6. The van der Waals surface area contributed by atoms with E-state index in [-0.39, 0.29) is 10.7 Å². The lowest BCUT2D eigenvalue weighted by atomic mass is 10.1. The minimum absolute atomic E-state index is 0.0302. The summed E-state index contributed by atoms with van der Waals surface area (Å²) < 4.78 is 30.8. The second-order valence-corrected chi connectivity index (χ2v) is 8.04. The molecule has 3 aromatic rings. The van der Waals surface area contributed by atoms with Gasteiger partial charge in [0.2, 0.25) is 14.9 Å². The molecule has 0 aliphatic carbocycles. The molecule has 28 heavy (non-hydrogen) atoms. The van der Waals surface area contributed by atoms with Crippen molar-refractivity contribution in [2.75, 3.05) is 17.4 Å². The van der Waals surface area contributed by atoms with Crippen molar-refractivity contribution in [1.29, 1.82) is 0 Å². The molecule has 0 saturated carbocycles. The van der Waals surface area contributed by atoms with Gasteiger partial charge in [-0.3, -0.25) is 10.2 Å². The number of benzene rings is 2. The van der Waals surface area contributed by atoms with Gasteiger partial charge in [0.25, 0.3) is 5.91 Å². The van der Waals surface area contributed by atoms with Crippen LogP contribution in [-0.2, 0) is 21.1 Å². The van der Waals surface area contributed by atoms with Crippen molar-refractivity contribution in [3.05, 3.63) is 72.0 Å². The molecular weight excluding hydrogens is 380 g/mol. The third-order valence-electron chi connectivity index (χ3n) is 4.31. The highest BCUT2D eigenvalue weighted by Gasteiger charge is 2.40. The van der Waals surface area contributed by atoms with E-state index in [4.69, 9.17) is 4.52 Å². The van der Waals surface area contributed by atoms with E-state index in [1.54, 1.807) is 24.3 Å². The van der Waals surface area contributed by atoms with Gasteiger partial charge in [0, 0.05) is 19.5 Å². The number of anilines is 2. The third kappa shape index (κ3) is 3.16. The predicted octanol–water partition coefficient (Wildman–Crippen LogP) is 2.44. The number of rotatable bonds is 4. The molecule has 1 aliphatic heterocycles. The molecule has 1 amide bonds. The molecule has 0 bridgehead atoms. The van der Waals surface area contributed by atoms with E-state index in [9.17, 15) is 13.2 Å². The summed E-state index contributed by atoms with van der Waals surface area (Å²) >= 11 is 0. The van der Waals surface area contributed by atoms with Crippen molar-refractivity contribution >= 4 is 32.3 Å². The van der Waals surface area contributed by atoms with Crippen LogP contribution in [0.15, 0.2) is 75.2 Å². The van der Waals surface area contributed by atoms with Crippen molar-refractivity contribution in [3.63, 3.8) is 0 Å². The average molecular weight is 396 g/mol. The quantitative estimate of drug-likeness (QED) is 0.679. The van der Waals surface area contributed by atoms with E-state index in [1.807, 2.05) is 30.3 Å². The monoisotopic (exact) mass is 396 g/mol. The Labute approximate surface area is 161 Å². The first-order valence-corrected chi connectivity index (χ1v) is 9.90. The number of amides is 1. The largest absolute Gasteiger partial charge is 0.359 e. The van der Waals surface area contributed by atoms with Crippen molar-refractivity contribution in [2.24, 2.45) is 5.10 Å². The molecule has 2 aromatic carbocycles. The van der Waals surface area contributed by atoms with Crippen molar-refractivity contribution < 1.29 is 17.7 Å². The van der Waals surface area contributed by atoms with Gasteiger partial charge < -0.3 is 9.42 Å². The Morgan fingerprint density at radius 1 is 1.11 bits per heavy atom. The van der Waals surface area contributed by atoms with Crippen LogP contribution >= 0.6 is 0 Å². The summed E-state index contributed by atoms with van der Waals surface area (Å²) in [5, 5.41) is 7.05. The molecule has 0 radical (unpaired) electrons. The van der Waals surface area contributed by atoms with Crippen LogP contribution in [0.2, 0.25) is 0 Å². The maximum Gasteiger partial charge on any atom is 0.290 e. The number of carbonyl (C=O) groups is 1. The van der Waals surface area contributed by atoms with E-state index in [0.717, 1.165) is 5.56 Å². The zero-order chi connectivity index (χ0) is 19.7. The van der Waals surface area contributed by atoms with Gasteiger partial charge in [0.1, 0.15) is 5.76 Å². The molecule has 9 heteroatoms. The van der Waals surface area contributed by atoms with Gasteiger partial charge in [-0.1, -0.05) is 47.6 Å². The summed E-state index contributed by atoms with van der Waals surface area (Å²) in [4.78, 5) is 13.8. The smallest absolute Gasteiger partial charge is 0.290 e. The van der Waals surface area contributed by atoms with Crippen LogP contribution in [-0.4, -0.2) is 31.6 Å². The van der Waals surface area contributed by atoms with Gasteiger partial charge in [-0.25, -0.2) is 8.42 Å². The zero-order valence-electron chi connectivity index (χ0n) is 14.9. The molecule has 0 atom stereocenters. The number of nitrogens with one attached hydrogen (secondary N) is 1. The van der Waals surface area contributed by atoms with Crippen LogP contribution in [0.4, 0.5) is 11.5 Å². The van der Waals surface area contributed by atoms with E-state index in [1.165, 1.54) is 18.0 Å². The van der Waals surface area contributed by atoms with Crippen LogP contribution in [0.5, 0.6) is 0 Å². The lowest BCUT2D eigenvalue weighted by molar-refractivity contribution is -0.112. The molecule has 1 aromatic heterocycles. The van der Waals surface area contributed by atoms with Crippen LogP contribution in [0.1, 0.15) is 11.3 Å².